The average Bonchev–Trinajstić information content (AvgIpc) is 2.68. The second-order valence-corrected chi connectivity index (χ2v) is 7.94. The molecule has 0 spiro atoms. The highest BCUT2D eigenvalue weighted by Crippen LogP contribution is 2.11. The van der Waals surface area contributed by atoms with Crippen LogP contribution in [0.4, 0.5) is 0 Å². The molecule has 26 heavy (non-hydrogen) atoms. The van der Waals surface area contributed by atoms with E-state index in [4.69, 9.17) is 0 Å². The molecular formula is C25H45N. The van der Waals surface area contributed by atoms with E-state index in [9.17, 15) is 0 Å². The minimum Gasteiger partial charge on any atom is -0.317 e. The topological polar surface area (TPSA) is 12.0 Å². The van der Waals surface area contributed by atoms with E-state index in [-0.39, 0.29) is 0 Å². The van der Waals surface area contributed by atoms with E-state index in [0.717, 1.165) is 0 Å². The first kappa shape index (κ1) is 23.2. The van der Waals surface area contributed by atoms with Crippen molar-refractivity contribution in [2.75, 3.05) is 13.1 Å². The maximum absolute atomic E-state index is 3.62. The van der Waals surface area contributed by atoms with Crippen LogP contribution in [0.5, 0.6) is 0 Å². The summed E-state index contributed by atoms with van der Waals surface area (Å²) in [6.07, 6.45) is 22.4. The number of hydrogen-bond acceptors (Lipinski definition) is 1. The number of benzene rings is 1. The molecule has 0 radical (unpaired) electrons. The highest BCUT2D eigenvalue weighted by Gasteiger charge is 1.95. The van der Waals surface area contributed by atoms with Gasteiger partial charge in [0.2, 0.25) is 0 Å². The van der Waals surface area contributed by atoms with Crippen LogP contribution in [0.15, 0.2) is 30.3 Å². The quantitative estimate of drug-likeness (QED) is 0.250. The van der Waals surface area contributed by atoms with E-state index in [1.165, 1.54) is 121 Å². The largest absolute Gasteiger partial charge is 0.317 e. The van der Waals surface area contributed by atoms with E-state index in [0.29, 0.717) is 0 Å². The molecule has 0 atom stereocenters. The summed E-state index contributed by atoms with van der Waals surface area (Å²) in [5.41, 5.74) is 1.50. The molecule has 150 valence electrons. The summed E-state index contributed by atoms with van der Waals surface area (Å²) in [5, 5.41) is 3.62. The number of aryl methyl sites for hydroxylation is 1. The lowest BCUT2D eigenvalue weighted by Gasteiger charge is -2.05. The fraction of sp³-hybridized carbons (Fsp3) is 0.760. The van der Waals surface area contributed by atoms with Crippen molar-refractivity contribution in [3.8, 4) is 0 Å². The summed E-state index contributed by atoms with van der Waals surface area (Å²) in [4.78, 5) is 0. The molecule has 0 bridgehead atoms. The van der Waals surface area contributed by atoms with Gasteiger partial charge in [0, 0.05) is 0 Å². The molecule has 1 heteroatoms. The molecule has 1 rings (SSSR count). The number of rotatable bonds is 19. The molecule has 0 aliphatic rings. The van der Waals surface area contributed by atoms with Gasteiger partial charge in [-0.3, -0.25) is 0 Å². The average molecular weight is 360 g/mol. The van der Waals surface area contributed by atoms with Crippen LogP contribution in [-0.4, -0.2) is 13.1 Å². The zero-order chi connectivity index (χ0) is 18.5. The van der Waals surface area contributed by atoms with Gasteiger partial charge in [-0.25, -0.2) is 0 Å². The molecule has 0 amide bonds. The Hall–Kier alpha value is -0.820. The van der Waals surface area contributed by atoms with Crippen molar-refractivity contribution in [2.45, 2.75) is 110 Å². The predicted molar refractivity (Wildman–Crippen MR) is 118 cm³/mol. The van der Waals surface area contributed by atoms with Gasteiger partial charge in [0.05, 0.1) is 0 Å². The van der Waals surface area contributed by atoms with Gasteiger partial charge in [-0.05, 0) is 44.3 Å². The lowest BCUT2D eigenvalue weighted by atomic mass is 10.0. The number of nitrogens with one attached hydrogen (secondary N) is 1. The molecule has 0 heterocycles. The smallest absolute Gasteiger partial charge is 0.00489 e. The van der Waals surface area contributed by atoms with E-state index < -0.39 is 0 Å². The molecule has 0 unspecified atom stereocenters. The first-order chi connectivity index (χ1) is 12.9. The summed E-state index contributed by atoms with van der Waals surface area (Å²) in [7, 11) is 0. The maximum atomic E-state index is 3.62. The first-order valence-corrected chi connectivity index (χ1v) is 11.7. The Morgan fingerprint density at radius 2 is 1.00 bits per heavy atom. The lowest BCUT2D eigenvalue weighted by molar-refractivity contribution is 0.533. The van der Waals surface area contributed by atoms with Crippen LogP contribution in [0.2, 0.25) is 0 Å². The summed E-state index contributed by atoms with van der Waals surface area (Å²) < 4.78 is 0. The molecule has 0 aliphatic carbocycles. The Kier molecular flexibility index (Phi) is 16.9. The normalized spacial score (nSPS) is 11.1. The zero-order valence-corrected chi connectivity index (χ0v) is 17.6. The molecule has 1 aromatic carbocycles. The second kappa shape index (κ2) is 19.0. The Balaban J connectivity index is 1.68. The van der Waals surface area contributed by atoms with E-state index in [2.05, 4.69) is 42.6 Å². The molecular weight excluding hydrogens is 314 g/mol. The van der Waals surface area contributed by atoms with E-state index >= 15 is 0 Å². The zero-order valence-electron chi connectivity index (χ0n) is 17.6. The third-order valence-electron chi connectivity index (χ3n) is 5.37. The minimum absolute atomic E-state index is 1.23. The van der Waals surface area contributed by atoms with Crippen LogP contribution in [-0.2, 0) is 6.42 Å². The molecule has 1 N–H and O–H groups in total. The van der Waals surface area contributed by atoms with Crippen molar-refractivity contribution in [1.29, 1.82) is 0 Å². The maximum Gasteiger partial charge on any atom is -0.00489 e. The van der Waals surface area contributed by atoms with E-state index in [1.807, 2.05) is 0 Å². The fourth-order valence-electron chi connectivity index (χ4n) is 3.62. The Bertz CT molecular complexity index is 373. The van der Waals surface area contributed by atoms with Crippen LogP contribution >= 0.6 is 0 Å². The van der Waals surface area contributed by atoms with Gasteiger partial charge in [0.25, 0.3) is 0 Å². The van der Waals surface area contributed by atoms with Gasteiger partial charge in [-0.15, -0.1) is 0 Å². The van der Waals surface area contributed by atoms with Crippen molar-refractivity contribution in [3.63, 3.8) is 0 Å². The van der Waals surface area contributed by atoms with Crippen LogP contribution < -0.4 is 5.32 Å². The molecule has 0 saturated heterocycles. The Labute approximate surface area is 164 Å². The van der Waals surface area contributed by atoms with Crippen molar-refractivity contribution < 1.29 is 0 Å². The monoisotopic (exact) mass is 359 g/mol. The van der Waals surface area contributed by atoms with Crippen molar-refractivity contribution in [2.24, 2.45) is 0 Å². The fourth-order valence-corrected chi connectivity index (χ4v) is 3.62. The molecule has 0 aliphatic heterocycles. The standard InChI is InChI=1S/C25H45N/c1-2-3-4-5-9-12-18-23-26-24-19-13-10-7-6-8-11-15-20-25-21-16-14-17-22-25/h14,16-17,21-22,26H,2-13,15,18-20,23-24H2,1H3. The van der Waals surface area contributed by atoms with Gasteiger partial charge in [-0.2, -0.15) is 0 Å². The Morgan fingerprint density at radius 3 is 1.54 bits per heavy atom. The van der Waals surface area contributed by atoms with Crippen LogP contribution in [0.1, 0.15) is 109 Å². The van der Waals surface area contributed by atoms with Gasteiger partial charge in [0.15, 0.2) is 0 Å². The summed E-state index contributed by atoms with van der Waals surface area (Å²) in [6.45, 7) is 4.75. The first-order valence-electron chi connectivity index (χ1n) is 11.7. The molecule has 1 aromatic rings. The van der Waals surface area contributed by atoms with Crippen molar-refractivity contribution in [3.05, 3.63) is 35.9 Å². The van der Waals surface area contributed by atoms with Gasteiger partial charge < -0.3 is 5.32 Å². The molecule has 0 saturated carbocycles. The van der Waals surface area contributed by atoms with Crippen molar-refractivity contribution in [1.82, 2.24) is 5.32 Å². The number of unbranched alkanes of at least 4 members (excludes halogenated alkanes) is 13. The predicted octanol–water partition coefficient (Wildman–Crippen LogP) is 7.69. The molecule has 0 aromatic heterocycles. The number of hydrogen-bond donors (Lipinski definition) is 1. The van der Waals surface area contributed by atoms with Crippen LogP contribution in [0, 0.1) is 0 Å². The van der Waals surface area contributed by atoms with Gasteiger partial charge in [0.1, 0.15) is 0 Å². The molecule has 1 nitrogen and oxygen atoms in total. The van der Waals surface area contributed by atoms with Gasteiger partial charge in [-0.1, -0.05) is 114 Å². The summed E-state index contributed by atoms with van der Waals surface area (Å²) >= 11 is 0. The van der Waals surface area contributed by atoms with Crippen LogP contribution in [0.3, 0.4) is 0 Å². The minimum atomic E-state index is 1.23. The third kappa shape index (κ3) is 15.4. The van der Waals surface area contributed by atoms with Crippen molar-refractivity contribution >= 4 is 0 Å². The van der Waals surface area contributed by atoms with E-state index in [1.54, 1.807) is 0 Å². The van der Waals surface area contributed by atoms with Crippen LogP contribution in [0.25, 0.3) is 0 Å². The second-order valence-electron chi connectivity index (χ2n) is 7.94. The summed E-state index contributed by atoms with van der Waals surface area (Å²) in [5.74, 6) is 0. The lowest BCUT2D eigenvalue weighted by Crippen LogP contribution is -2.16. The SMILES string of the molecule is CCCCCCCCCNCCCCCCCCCCc1ccccc1. The third-order valence-corrected chi connectivity index (χ3v) is 5.37. The highest BCUT2D eigenvalue weighted by molar-refractivity contribution is 5.14. The summed E-state index contributed by atoms with van der Waals surface area (Å²) in [6, 6.07) is 10.9. The highest BCUT2D eigenvalue weighted by atomic mass is 14.8. The Morgan fingerprint density at radius 1 is 0.538 bits per heavy atom. The van der Waals surface area contributed by atoms with Gasteiger partial charge >= 0.3 is 0 Å². The molecule has 0 fully saturated rings.